The molecule has 1 aliphatic heterocycles. The van der Waals surface area contributed by atoms with Crippen molar-refractivity contribution >= 4 is 0 Å². The standard InChI is InChI=1S/C29H28N4O4/c1-33(2)16-23-22(17-34)25(19-7-5-4-6-8-19)29(20-11-9-18(14-30)10-12-20)28(23,35)26-24(37-29)13-21(15-31)32-27(26)36-3/h4-13,22-23,25,34-35H,16-17H2,1-3H3/t22-,23-,25+,28+,29-/m0/s1. The summed E-state index contributed by atoms with van der Waals surface area (Å²) in [5, 5.41) is 43.0. The van der Waals surface area contributed by atoms with Crippen molar-refractivity contribution in [2.24, 2.45) is 11.8 Å². The summed E-state index contributed by atoms with van der Waals surface area (Å²) in [5.74, 6) is -0.959. The Bertz CT molecular complexity index is 1400. The van der Waals surface area contributed by atoms with Crippen molar-refractivity contribution < 1.29 is 19.7 Å². The number of nitriles is 2. The molecule has 0 amide bonds. The van der Waals surface area contributed by atoms with Gasteiger partial charge in [-0.3, -0.25) is 0 Å². The van der Waals surface area contributed by atoms with Gasteiger partial charge in [-0.15, -0.1) is 0 Å². The fourth-order valence-corrected chi connectivity index (χ4v) is 6.46. The molecule has 2 heterocycles. The number of hydrogen-bond acceptors (Lipinski definition) is 8. The monoisotopic (exact) mass is 496 g/mol. The molecule has 0 unspecified atom stereocenters. The lowest BCUT2D eigenvalue weighted by Gasteiger charge is -2.42. The van der Waals surface area contributed by atoms with Crippen molar-refractivity contribution in [2.75, 3.05) is 34.4 Å². The average Bonchev–Trinajstić information content (AvgIpc) is 3.30. The van der Waals surface area contributed by atoms with E-state index in [1.165, 1.54) is 13.2 Å². The van der Waals surface area contributed by atoms with E-state index >= 15 is 0 Å². The van der Waals surface area contributed by atoms with Gasteiger partial charge in [0, 0.05) is 37.0 Å². The number of rotatable bonds is 6. The molecular weight excluding hydrogens is 468 g/mol. The van der Waals surface area contributed by atoms with E-state index in [-0.39, 0.29) is 18.2 Å². The van der Waals surface area contributed by atoms with E-state index in [0.717, 1.165) is 5.56 Å². The second kappa shape index (κ2) is 9.17. The lowest BCUT2D eigenvalue weighted by atomic mass is 9.70. The smallest absolute Gasteiger partial charge is 0.224 e. The van der Waals surface area contributed by atoms with E-state index in [9.17, 15) is 20.7 Å². The fraction of sp³-hybridized carbons (Fsp3) is 0.345. The molecular formula is C29H28N4O4. The molecule has 0 radical (unpaired) electrons. The minimum absolute atomic E-state index is 0.105. The van der Waals surface area contributed by atoms with Crippen LogP contribution in [0.15, 0.2) is 60.7 Å². The normalized spacial score (nSPS) is 27.6. The zero-order chi connectivity index (χ0) is 26.4. The van der Waals surface area contributed by atoms with Gasteiger partial charge in [0.25, 0.3) is 0 Å². The zero-order valence-electron chi connectivity index (χ0n) is 20.9. The highest BCUT2D eigenvalue weighted by atomic mass is 16.5. The first-order valence-corrected chi connectivity index (χ1v) is 12.1. The van der Waals surface area contributed by atoms with E-state index in [4.69, 9.17) is 9.47 Å². The van der Waals surface area contributed by atoms with Gasteiger partial charge in [-0.05, 0) is 37.4 Å². The molecule has 2 aromatic carbocycles. The molecule has 5 rings (SSSR count). The van der Waals surface area contributed by atoms with Crippen molar-refractivity contribution in [3.05, 3.63) is 88.6 Å². The first kappa shape index (κ1) is 24.7. The van der Waals surface area contributed by atoms with Crippen LogP contribution in [0.25, 0.3) is 0 Å². The molecule has 1 saturated carbocycles. The highest BCUT2D eigenvalue weighted by Gasteiger charge is 2.76. The van der Waals surface area contributed by atoms with Crippen LogP contribution in [0.4, 0.5) is 0 Å². The van der Waals surface area contributed by atoms with Gasteiger partial charge < -0.3 is 24.6 Å². The Kier molecular flexibility index (Phi) is 6.13. The van der Waals surface area contributed by atoms with Crippen molar-refractivity contribution in [1.82, 2.24) is 9.88 Å². The topological polar surface area (TPSA) is 123 Å². The summed E-state index contributed by atoms with van der Waals surface area (Å²) >= 11 is 0. The summed E-state index contributed by atoms with van der Waals surface area (Å²) in [6.07, 6.45) is 0. The van der Waals surface area contributed by atoms with Crippen LogP contribution in [-0.2, 0) is 11.2 Å². The van der Waals surface area contributed by atoms with Gasteiger partial charge in [-0.25, -0.2) is 4.98 Å². The Morgan fingerprint density at radius 2 is 1.78 bits per heavy atom. The number of nitrogens with zero attached hydrogens (tertiary/aromatic N) is 4. The predicted octanol–water partition coefficient (Wildman–Crippen LogP) is 2.89. The summed E-state index contributed by atoms with van der Waals surface area (Å²) in [6, 6.07) is 22.4. The number of fused-ring (bicyclic) bond motifs is 3. The zero-order valence-corrected chi connectivity index (χ0v) is 20.9. The highest BCUT2D eigenvalue weighted by Crippen LogP contribution is 2.71. The van der Waals surface area contributed by atoms with Crippen LogP contribution in [-0.4, -0.2) is 54.5 Å². The third kappa shape index (κ3) is 3.42. The molecule has 0 saturated heterocycles. The van der Waals surface area contributed by atoms with Crippen LogP contribution in [0.3, 0.4) is 0 Å². The first-order chi connectivity index (χ1) is 17.8. The predicted molar refractivity (Wildman–Crippen MR) is 135 cm³/mol. The van der Waals surface area contributed by atoms with E-state index in [1.54, 1.807) is 24.3 Å². The number of pyridine rings is 1. The quantitative estimate of drug-likeness (QED) is 0.534. The number of benzene rings is 2. The van der Waals surface area contributed by atoms with Crippen LogP contribution in [0.5, 0.6) is 11.6 Å². The molecule has 1 aromatic heterocycles. The van der Waals surface area contributed by atoms with E-state index in [2.05, 4.69) is 11.1 Å². The van der Waals surface area contributed by atoms with Crippen LogP contribution >= 0.6 is 0 Å². The molecule has 0 spiro atoms. The Labute approximate surface area is 215 Å². The molecule has 1 aliphatic carbocycles. The molecule has 2 N–H and O–H groups in total. The van der Waals surface area contributed by atoms with Gasteiger partial charge in [0.05, 0.1) is 24.3 Å². The summed E-state index contributed by atoms with van der Waals surface area (Å²) in [6.45, 7) is 0.248. The fourth-order valence-electron chi connectivity index (χ4n) is 6.46. The molecule has 8 nitrogen and oxygen atoms in total. The summed E-state index contributed by atoms with van der Waals surface area (Å²) < 4.78 is 12.5. The maximum Gasteiger partial charge on any atom is 0.224 e. The van der Waals surface area contributed by atoms with Crippen molar-refractivity contribution in [3.63, 3.8) is 0 Å². The molecule has 37 heavy (non-hydrogen) atoms. The number of aromatic nitrogens is 1. The van der Waals surface area contributed by atoms with Crippen molar-refractivity contribution in [2.45, 2.75) is 17.1 Å². The van der Waals surface area contributed by atoms with Gasteiger partial charge in [-0.1, -0.05) is 42.5 Å². The largest absolute Gasteiger partial charge is 0.481 e. The minimum Gasteiger partial charge on any atom is -0.481 e. The van der Waals surface area contributed by atoms with Crippen LogP contribution in [0.2, 0.25) is 0 Å². The van der Waals surface area contributed by atoms with Gasteiger partial charge in [0.2, 0.25) is 5.88 Å². The molecule has 0 bridgehead atoms. The number of ether oxygens (including phenoxy) is 2. The second-order valence-electron chi connectivity index (χ2n) is 9.90. The summed E-state index contributed by atoms with van der Waals surface area (Å²) in [4.78, 5) is 6.33. The maximum atomic E-state index is 13.1. The highest BCUT2D eigenvalue weighted by molar-refractivity contribution is 5.60. The maximum absolute atomic E-state index is 13.1. The minimum atomic E-state index is -1.69. The summed E-state index contributed by atoms with van der Waals surface area (Å²) in [5.41, 5.74) is -0.605. The molecule has 8 heteroatoms. The van der Waals surface area contributed by atoms with E-state index in [1.807, 2.05) is 55.4 Å². The molecule has 188 valence electrons. The number of methoxy groups -OCH3 is 1. The Morgan fingerprint density at radius 3 is 2.35 bits per heavy atom. The average molecular weight is 497 g/mol. The SMILES string of the molecule is COc1nc(C#N)cc2c1[C@]1(O)[C@@H](CN(C)C)[C@H](CO)[C@@H](c3ccccc3)[C@]1(c1ccc(C#N)cc1)O2. The van der Waals surface area contributed by atoms with Crippen molar-refractivity contribution in [1.29, 1.82) is 10.5 Å². The number of aliphatic hydroxyl groups is 2. The Hall–Kier alpha value is -3.95. The Balaban J connectivity index is 1.90. The molecule has 2 aliphatic rings. The molecule has 1 fully saturated rings. The second-order valence-corrected chi connectivity index (χ2v) is 9.90. The van der Waals surface area contributed by atoms with Gasteiger partial charge >= 0.3 is 0 Å². The van der Waals surface area contributed by atoms with Gasteiger partial charge in [-0.2, -0.15) is 10.5 Å². The van der Waals surface area contributed by atoms with E-state index in [0.29, 0.717) is 29.0 Å². The van der Waals surface area contributed by atoms with E-state index < -0.39 is 29.0 Å². The first-order valence-electron chi connectivity index (χ1n) is 12.1. The Morgan fingerprint density at radius 1 is 1.08 bits per heavy atom. The van der Waals surface area contributed by atoms with Crippen LogP contribution < -0.4 is 9.47 Å². The van der Waals surface area contributed by atoms with Crippen LogP contribution in [0, 0.1) is 34.5 Å². The van der Waals surface area contributed by atoms with Crippen LogP contribution in [0.1, 0.15) is 33.9 Å². The lowest BCUT2D eigenvalue weighted by Crippen LogP contribution is -2.52. The third-order valence-electron chi connectivity index (χ3n) is 7.77. The number of hydrogen-bond donors (Lipinski definition) is 2. The van der Waals surface area contributed by atoms with Crippen molar-refractivity contribution in [3.8, 4) is 23.8 Å². The third-order valence-corrected chi connectivity index (χ3v) is 7.77. The number of aliphatic hydroxyl groups excluding tert-OH is 1. The molecule has 3 aromatic rings. The van der Waals surface area contributed by atoms with Gasteiger partial charge in [0.1, 0.15) is 23.1 Å². The summed E-state index contributed by atoms with van der Waals surface area (Å²) in [7, 11) is 5.28. The lowest BCUT2D eigenvalue weighted by molar-refractivity contribution is -0.131. The van der Waals surface area contributed by atoms with Gasteiger partial charge in [0.15, 0.2) is 5.60 Å². The molecule has 5 atom stereocenters.